The second-order valence-corrected chi connectivity index (χ2v) is 6.21. The lowest BCUT2D eigenvalue weighted by atomic mass is 9.78. The Morgan fingerprint density at radius 2 is 2.06 bits per heavy atom. The van der Waals surface area contributed by atoms with E-state index in [1.807, 2.05) is 11.3 Å². The van der Waals surface area contributed by atoms with Crippen molar-refractivity contribution in [1.82, 2.24) is 4.90 Å². The molecular weight excluding hydrogens is 230 g/mol. The molecule has 1 saturated carbocycles. The van der Waals surface area contributed by atoms with Gasteiger partial charge >= 0.3 is 0 Å². The van der Waals surface area contributed by atoms with Crippen molar-refractivity contribution in [2.24, 2.45) is 11.8 Å². The number of thiophene rings is 1. The molecule has 3 heteroatoms. The van der Waals surface area contributed by atoms with Gasteiger partial charge in [-0.1, -0.05) is 6.07 Å². The predicted octanol–water partition coefficient (Wildman–Crippen LogP) is 3.36. The second kappa shape index (κ2) is 5.78. The maximum Gasteiger partial charge on any atom is 0.123 e. The highest BCUT2D eigenvalue weighted by atomic mass is 32.1. The Morgan fingerprint density at radius 3 is 2.53 bits per heavy atom. The van der Waals surface area contributed by atoms with Crippen LogP contribution in [-0.2, 0) is 4.79 Å². The smallest absolute Gasteiger partial charge is 0.123 e. The molecule has 2 nitrogen and oxygen atoms in total. The summed E-state index contributed by atoms with van der Waals surface area (Å²) < 4.78 is 0. The predicted molar refractivity (Wildman–Crippen MR) is 72.3 cm³/mol. The molecule has 0 N–H and O–H groups in total. The minimum absolute atomic E-state index is 0.317. The lowest BCUT2D eigenvalue weighted by Gasteiger charge is -2.35. The number of rotatable bonds is 4. The third-order valence-corrected chi connectivity index (χ3v) is 4.79. The summed E-state index contributed by atoms with van der Waals surface area (Å²) in [7, 11) is 4.33. The fourth-order valence-corrected chi connectivity index (χ4v) is 3.98. The number of nitrogens with zero attached hydrogens (tertiary/aromatic N) is 1. The molecule has 17 heavy (non-hydrogen) atoms. The minimum Gasteiger partial charge on any atom is -0.303 e. The van der Waals surface area contributed by atoms with E-state index in [-0.39, 0.29) is 0 Å². The first-order chi connectivity index (χ1) is 8.22. The van der Waals surface area contributed by atoms with Gasteiger partial charge in [0.05, 0.1) is 0 Å². The topological polar surface area (TPSA) is 20.3 Å². The molecular formula is C14H21NOS. The minimum atomic E-state index is 0.317. The lowest BCUT2D eigenvalue weighted by molar-refractivity contribution is -0.112. The van der Waals surface area contributed by atoms with Crippen LogP contribution in [-0.4, -0.2) is 25.3 Å². The first kappa shape index (κ1) is 12.8. The van der Waals surface area contributed by atoms with Crippen LogP contribution in [0.4, 0.5) is 0 Å². The van der Waals surface area contributed by atoms with Crippen LogP contribution in [0.15, 0.2) is 17.5 Å². The molecule has 0 amide bonds. The molecule has 1 unspecified atom stereocenters. The van der Waals surface area contributed by atoms with Crippen molar-refractivity contribution in [1.29, 1.82) is 0 Å². The highest BCUT2D eigenvalue weighted by Gasteiger charge is 2.30. The maximum absolute atomic E-state index is 10.8. The molecule has 0 aliphatic heterocycles. The Labute approximate surface area is 108 Å². The molecule has 1 atom stereocenters. The summed E-state index contributed by atoms with van der Waals surface area (Å²) in [5.74, 6) is 1.03. The molecule has 1 aliphatic rings. The van der Waals surface area contributed by atoms with Crippen molar-refractivity contribution < 1.29 is 4.79 Å². The zero-order valence-corrected chi connectivity index (χ0v) is 11.5. The highest BCUT2D eigenvalue weighted by Crippen LogP contribution is 2.40. The highest BCUT2D eigenvalue weighted by molar-refractivity contribution is 7.10. The standard InChI is InChI=1S/C14H21NOS/c1-15(2)14(13-4-3-9-17-13)12-7-5-11(10-16)6-8-12/h3-4,9-12,14H,5-8H2,1-2H3. The zero-order valence-electron chi connectivity index (χ0n) is 10.6. The molecule has 1 aromatic heterocycles. The van der Waals surface area contributed by atoms with E-state index < -0.39 is 0 Å². The summed E-state index contributed by atoms with van der Waals surface area (Å²) in [5.41, 5.74) is 0. The third-order valence-electron chi connectivity index (χ3n) is 3.85. The summed E-state index contributed by atoms with van der Waals surface area (Å²) in [4.78, 5) is 14.6. The summed E-state index contributed by atoms with van der Waals surface area (Å²) in [6.45, 7) is 0. The summed E-state index contributed by atoms with van der Waals surface area (Å²) in [5, 5.41) is 2.16. The van der Waals surface area contributed by atoms with Crippen LogP contribution in [0, 0.1) is 11.8 Å². The van der Waals surface area contributed by atoms with Crippen LogP contribution in [0.5, 0.6) is 0 Å². The Balaban J connectivity index is 2.06. The molecule has 0 saturated heterocycles. The second-order valence-electron chi connectivity index (χ2n) is 5.23. The molecule has 0 spiro atoms. The Bertz CT molecular complexity index is 339. The molecule has 1 heterocycles. The van der Waals surface area contributed by atoms with Crippen molar-refractivity contribution in [2.75, 3.05) is 14.1 Å². The SMILES string of the molecule is CN(C)C(c1cccs1)C1CCC(C=O)CC1. The normalized spacial score (nSPS) is 27.0. The summed E-state index contributed by atoms with van der Waals surface area (Å²) in [6.07, 6.45) is 5.66. The monoisotopic (exact) mass is 251 g/mol. The van der Waals surface area contributed by atoms with Crippen molar-refractivity contribution in [3.63, 3.8) is 0 Å². The molecule has 94 valence electrons. The average molecular weight is 251 g/mol. The van der Waals surface area contributed by atoms with Crippen LogP contribution in [0.2, 0.25) is 0 Å². The van der Waals surface area contributed by atoms with E-state index >= 15 is 0 Å². The van der Waals surface area contributed by atoms with Gasteiger partial charge in [0.2, 0.25) is 0 Å². The van der Waals surface area contributed by atoms with Crippen molar-refractivity contribution in [2.45, 2.75) is 31.7 Å². The largest absolute Gasteiger partial charge is 0.303 e. The number of carbonyl (C=O) groups is 1. The lowest BCUT2D eigenvalue weighted by Crippen LogP contribution is -2.30. The van der Waals surface area contributed by atoms with E-state index in [9.17, 15) is 4.79 Å². The third kappa shape index (κ3) is 2.96. The number of hydrogen-bond donors (Lipinski definition) is 0. The van der Waals surface area contributed by atoms with Gasteiger partial charge in [0.1, 0.15) is 6.29 Å². The van der Waals surface area contributed by atoms with Gasteiger partial charge in [-0.05, 0) is 57.1 Å². The Morgan fingerprint density at radius 1 is 1.35 bits per heavy atom. The molecule has 0 bridgehead atoms. The van der Waals surface area contributed by atoms with Gasteiger partial charge in [-0.2, -0.15) is 0 Å². The van der Waals surface area contributed by atoms with E-state index in [4.69, 9.17) is 0 Å². The van der Waals surface area contributed by atoms with Gasteiger partial charge in [-0.15, -0.1) is 11.3 Å². The first-order valence-electron chi connectivity index (χ1n) is 6.37. The molecule has 2 rings (SSSR count). The van der Waals surface area contributed by atoms with Gasteiger partial charge < -0.3 is 9.69 Å². The van der Waals surface area contributed by atoms with Crippen LogP contribution in [0.25, 0.3) is 0 Å². The van der Waals surface area contributed by atoms with Crippen molar-refractivity contribution >= 4 is 17.6 Å². The van der Waals surface area contributed by atoms with Gasteiger partial charge in [-0.3, -0.25) is 0 Å². The van der Waals surface area contributed by atoms with Gasteiger partial charge in [0, 0.05) is 16.8 Å². The zero-order chi connectivity index (χ0) is 12.3. The van der Waals surface area contributed by atoms with Crippen LogP contribution in [0.3, 0.4) is 0 Å². The maximum atomic E-state index is 10.8. The summed E-state index contributed by atoms with van der Waals surface area (Å²) in [6, 6.07) is 4.90. The fraction of sp³-hybridized carbons (Fsp3) is 0.643. The quantitative estimate of drug-likeness (QED) is 0.765. The molecule has 1 aromatic rings. The van der Waals surface area contributed by atoms with E-state index in [1.54, 1.807) is 0 Å². The van der Waals surface area contributed by atoms with Crippen LogP contribution in [0.1, 0.15) is 36.6 Å². The number of hydrogen-bond acceptors (Lipinski definition) is 3. The van der Waals surface area contributed by atoms with Gasteiger partial charge in [0.25, 0.3) is 0 Å². The molecule has 0 aromatic carbocycles. The van der Waals surface area contributed by atoms with Crippen molar-refractivity contribution in [3.05, 3.63) is 22.4 Å². The van der Waals surface area contributed by atoms with Gasteiger partial charge in [-0.25, -0.2) is 0 Å². The Hall–Kier alpha value is -0.670. The number of aldehydes is 1. The van der Waals surface area contributed by atoms with E-state index in [0.29, 0.717) is 17.9 Å². The van der Waals surface area contributed by atoms with Gasteiger partial charge in [0.15, 0.2) is 0 Å². The average Bonchev–Trinajstić information content (AvgIpc) is 2.83. The van der Waals surface area contributed by atoms with Crippen LogP contribution >= 0.6 is 11.3 Å². The summed E-state index contributed by atoms with van der Waals surface area (Å²) >= 11 is 1.85. The molecule has 0 radical (unpaired) electrons. The molecule has 1 fully saturated rings. The Kier molecular flexibility index (Phi) is 4.35. The number of carbonyl (C=O) groups excluding carboxylic acids is 1. The molecule has 1 aliphatic carbocycles. The first-order valence-corrected chi connectivity index (χ1v) is 7.25. The van der Waals surface area contributed by atoms with E-state index in [1.165, 1.54) is 17.7 Å². The van der Waals surface area contributed by atoms with Crippen molar-refractivity contribution in [3.8, 4) is 0 Å². The van der Waals surface area contributed by atoms with E-state index in [2.05, 4.69) is 36.5 Å². The van der Waals surface area contributed by atoms with E-state index in [0.717, 1.165) is 19.1 Å². The fourth-order valence-electron chi connectivity index (χ4n) is 2.96. The van der Waals surface area contributed by atoms with Crippen LogP contribution < -0.4 is 0 Å².